The molecule has 7 heteroatoms. The number of nitrogens with one attached hydrogen (secondary N) is 1. The Bertz CT molecular complexity index is 927. The summed E-state index contributed by atoms with van der Waals surface area (Å²) in [6, 6.07) is 7.69. The van der Waals surface area contributed by atoms with E-state index < -0.39 is 18.5 Å². The topological polar surface area (TPSA) is 88.4 Å². The van der Waals surface area contributed by atoms with Crippen molar-refractivity contribution in [2.45, 2.75) is 33.1 Å². The van der Waals surface area contributed by atoms with E-state index in [4.69, 9.17) is 9.47 Å². The van der Waals surface area contributed by atoms with E-state index in [0.29, 0.717) is 16.3 Å². The average Bonchev–Trinajstić information content (AvgIpc) is 3.21. The highest BCUT2D eigenvalue weighted by molar-refractivity contribution is 7.16. The lowest BCUT2D eigenvalue weighted by Crippen LogP contribution is -2.23. The number of hydrogen-bond donors (Lipinski definition) is 1. The summed E-state index contributed by atoms with van der Waals surface area (Å²) in [5.41, 5.74) is 3.77. The fourth-order valence-electron chi connectivity index (χ4n) is 2.91. The fraction of sp³-hybridized carbons (Fsp3) is 0.350. The van der Waals surface area contributed by atoms with Crippen LogP contribution in [0.4, 0.5) is 5.00 Å². The van der Waals surface area contributed by atoms with Gasteiger partial charge >= 0.3 is 5.97 Å². The largest absolute Gasteiger partial charge is 0.482 e. The van der Waals surface area contributed by atoms with Gasteiger partial charge in [-0.2, -0.15) is 5.26 Å². The normalized spacial score (nSPS) is 12.2. The van der Waals surface area contributed by atoms with Crippen LogP contribution in [0.1, 0.15) is 33.6 Å². The lowest BCUT2D eigenvalue weighted by atomic mass is 10.1. The molecule has 0 aliphatic heterocycles. The summed E-state index contributed by atoms with van der Waals surface area (Å²) in [5.74, 6) is -0.519. The SMILES string of the molecule is Cc1ccc(OCC(=O)OCC(=O)Nc2sc3c(c2C#N)CCC3)cc1C. The first kappa shape index (κ1) is 18.9. The first-order valence-electron chi connectivity index (χ1n) is 8.68. The van der Waals surface area contributed by atoms with Crippen molar-refractivity contribution in [2.24, 2.45) is 0 Å². The third-order valence-electron chi connectivity index (χ3n) is 4.49. The molecule has 0 bridgehead atoms. The van der Waals surface area contributed by atoms with Gasteiger partial charge in [0.1, 0.15) is 16.8 Å². The maximum atomic E-state index is 12.0. The van der Waals surface area contributed by atoms with Crippen LogP contribution in [0.15, 0.2) is 18.2 Å². The Morgan fingerprint density at radius 1 is 1.22 bits per heavy atom. The van der Waals surface area contributed by atoms with E-state index in [9.17, 15) is 14.9 Å². The number of anilines is 1. The summed E-state index contributed by atoms with van der Waals surface area (Å²) in [6.45, 7) is 3.27. The maximum absolute atomic E-state index is 12.0. The minimum atomic E-state index is -0.627. The molecule has 1 aromatic carbocycles. The van der Waals surface area contributed by atoms with E-state index in [-0.39, 0.29) is 6.61 Å². The Morgan fingerprint density at radius 3 is 2.78 bits per heavy atom. The number of nitrogens with zero attached hydrogens (tertiary/aromatic N) is 1. The standard InChI is InChI=1S/C20H20N2O4S/c1-12-6-7-14(8-13(12)2)25-11-19(24)26-10-18(23)22-20-16(9-21)15-4-3-5-17(15)27-20/h6-8H,3-5,10-11H2,1-2H3,(H,22,23). The van der Waals surface area contributed by atoms with Crippen LogP contribution in [-0.2, 0) is 27.2 Å². The third-order valence-corrected chi connectivity index (χ3v) is 5.69. The molecule has 0 unspecified atom stereocenters. The number of esters is 1. The molecule has 1 N–H and O–H groups in total. The second-order valence-electron chi connectivity index (χ2n) is 6.42. The molecule has 27 heavy (non-hydrogen) atoms. The van der Waals surface area contributed by atoms with E-state index in [0.717, 1.165) is 40.8 Å². The minimum Gasteiger partial charge on any atom is -0.482 e. The van der Waals surface area contributed by atoms with Crippen molar-refractivity contribution in [3.8, 4) is 11.8 Å². The Morgan fingerprint density at radius 2 is 2.04 bits per heavy atom. The number of hydrogen-bond acceptors (Lipinski definition) is 6. The van der Waals surface area contributed by atoms with Crippen molar-refractivity contribution in [1.29, 1.82) is 5.26 Å². The maximum Gasteiger partial charge on any atom is 0.344 e. The van der Waals surface area contributed by atoms with Crippen LogP contribution < -0.4 is 10.1 Å². The Hall–Kier alpha value is -2.85. The number of carbonyl (C=O) groups is 2. The van der Waals surface area contributed by atoms with Gasteiger partial charge in [-0.25, -0.2) is 4.79 Å². The number of benzene rings is 1. The molecule has 1 amide bonds. The molecular formula is C20H20N2O4S. The van der Waals surface area contributed by atoms with Crippen LogP contribution >= 0.6 is 11.3 Å². The highest BCUT2D eigenvalue weighted by Crippen LogP contribution is 2.38. The molecule has 2 aromatic rings. The van der Waals surface area contributed by atoms with Gasteiger partial charge in [0.2, 0.25) is 0 Å². The van der Waals surface area contributed by atoms with Crippen molar-refractivity contribution in [1.82, 2.24) is 0 Å². The highest BCUT2D eigenvalue weighted by atomic mass is 32.1. The molecule has 0 saturated heterocycles. The van der Waals surface area contributed by atoms with Gasteiger partial charge in [0, 0.05) is 4.88 Å². The van der Waals surface area contributed by atoms with Crippen molar-refractivity contribution in [3.63, 3.8) is 0 Å². The van der Waals surface area contributed by atoms with Crippen molar-refractivity contribution < 1.29 is 19.1 Å². The molecule has 0 spiro atoms. The van der Waals surface area contributed by atoms with Gasteiger partial charge in [0.05, 0.1) is 5.56 Å². The predicted octanol–water partition coefficient (Wildman–Crippen LogP) is 3.29. The number of amides is 1. The highest BCUT2D eigenvalue weighted by Gasteiger charge is 2.23. The number of nitriles is 1. The summed E-state index contributed by atoms with van der Waals surface area (Å²) in [5, 5.41) is 12.5. The van der Waals surface area contributed by atoms with Crippen molar-refractivity contribution in [2.75, 3.05) is 18.5 Å². The van der Waals surface area contributed by atoms with Crippen LogP contribution in [0.2, 0.25) is 0 Å². The van der Waals surface area contributed by atoms with E-state index in [1.807, 2.05) is 26.0 Å². The molecule has 1 aliphatic rings. The minimum absolute atomic E-state index is 0.271. The summed E-state index contributed by atoms with van der Waals surface area (Å²) in [4.78, 5) is 25.0. The molecule has 0 radical (unpaired) electrons. The molecule has 0 saturated carbocycles. The summed E-state index contributed by atoms with van der Waals surface area (Å²) in [6.07, 6.45) is 2.85. The first-order chi connectivity index (χ1) is 13.0. The van der Waals surface area contributed by atoms with E-state index >= 15 is 0 Å². The lowest BCUT2D eigenvalue weighted by Gasteiger charge is -2.09. The molecular weight excluding hydrogens is 364 g/mol. The number of aryl methyl sites for hydroxylation is 3. The van der Waals surface area contributed by atoms with Crippen LogP contribution in [0, 0.1) is 25.2 Å². The molecule has 140 valence electrons. The Labute approximate surface area is 161 Å². The first-order valence-corrected chi connectivity index (χ1v) is 9.49. The molecule has 1 aliphatic carbocycles. The number of rotatable bonds is 6. The summed E-state index contributed by atoms with van der Waals surface area (Å²) < 4.78 is 10.3. The Balaban J connectivity index is 1.47. The molecule has 1 heterocycles. The van der Waals surface area contributed by atoms with Gasteiger partial charge < -0.3 is 14.8 Å². The second-order valence-corrected chi connectivity index (χ2v) is 7.52. The lowest BCUT2D eigenvalue weighted by molar-refractivity contribution is -0.149. The van der Waals surface area contributed by atoms with E-state index in [1.54, 1.807) is 6.07 Å². The number of fused-ring (bicyclic) bond motifs is 1. The van der Waals surface area contributed by atoms with Crippen LogP contribution in [0.25, 0.3) is 0 Å². The van der Waals surface area contributed by atoms with Gasteiger partial charge in [0.15, 0.2) is 13.2 Å². The second kappa shape index (κ2) is 8.23. The number of thiophene rings is 1. The zero-order valence-electron chi connectivity index (χ0n) is 15.3. The van der Waals surface area contributed by atoms with E-state index in [1.165, 1.54) is 11.3 Å². The van der Waals surface area contributed by atoms with Gasteiger partial charge in [0.25, 0.3) is 5.91 Å². The summed E-state index contributed by atoms with van der Waals surface area (Å²) >= 11 is 1.43. The Kier molecular flexibility index (Phi) is 5.77. The third kappa shape index (κ3) is 4.47. The van der Waals surface area contributed by atoms with Crippen molar-refractivity contribution >= 4 is 28.2 Å². The molecule has 3 rings (SSSR count). The van der Waals surface area contributed by atoms with Crippen LogP contribution in [0.5, 0.6) is 5.75 Å². The average molecular weight is 384 g/mol. The van der Waals surface area contributed by atoms with E-state index in [2.05, 4.69) is 11.4 Å². The zero-order chi connectivity index (χ0) is 19.4. The molecule has 0 atom stereocenters. The van der Waals surface area contributed by atoms with Gasteiger partial charge in [-0.15, -0.1) is 11.3 Å². The zero-order valence-corrected chi connectivity index (χ0v) is 16.1. The number of carbonyl (C=O) groups excluding carboxylic acids is 2. The van der Waals surface area contributed by atoms with Gasteiger partial charge in [-0.1, -0.05) is 6.07 Å². The van der Waals surface area contributed by atoms with Crippen LogP contribution in [-0.4, -0.2) is 25.1 Å². The monoisotopic (exact) mass is 384 g/mol. The van der Waals surface area contributed by atoms with Gasteiger partial charge in [-0.05, 0) is 61.9 Å². The van der Waals surface area contributed by atoms with Crippen molar-refractivity contribution in [3.05, 3.63) is 45.3 Å². The molecule has 0 fully saturated rings. The molecule has 1 aromatic heterocycles. The van der Waals surface area contributed by atoms with Crippen LogP contribution in [0.3, 0.4) is 0 Å². The predicted molar refractivity (Wildman–Crippen MR) is 102 cm³/mol. The molecule has 6 nitrogen and oxygen atoms in total. The van der Waals surface area contributed by atoms with Gasteiger partial charge in [-0.3, -0.25) is 4.79 Å². The fourth-order valence-corrected chi connectivity index (χ4v) is 4.16. The number of ether oxygens (including phenoxy) is 2. The summed E-state index contributed by atoms with van der Waals surface area (Å²) in [7, 11) is 0. The smallest absolute Gasteiger partial charge is 0.344 e. The quantitative estimate of drug-likeness (QED) is 0.772.